The molecule has 0 spiro atoms. The van der Waals surface area contributed by atoms with Crippen molar-refractivity contribution >= 4 is 5.97 Å². The first-order valence-electron chi connectivity index (χ1n) is 9.31. The third-order valence-electron chi connectivity index (χ3n) is 5.25. The third kappa shape index (κ3) is 3.72. The number of hydrogen-bond acceptors (Lipinski definition) is 7. The zero-order chi connectivity index (χ0) is 18.1. The van der Waals surface area contributed by atoms with Gasteiger partial charge in [-0.2, -0.15) is 4.98 Å². The van der Waals surface area contributed by atoms with Crippen molar-refractivity contribution in [2.75, 3.05) is 26.2 Å². The highest BCUT2D eigenvalue weighted by Crippen LogP contribution is 2.39. The number of ether oxygens (including phenoxy) is 1. The van der Waals surface area contributed by atoms with Crippen LogP contribution in [0, 0.1) is 5.41 Å². The summed E-state index contributed by atoms with van der Waals surface area (Å²) in [6.45, 7) is 11.6. The van der Waals surface area contributed by atoms with Gasteiger partial charge in [0, 0.05) is 24.5 Å². The van der Waals surface area contributed by atoms with Crippen molar-refractivity contribution in [1.82, 2.24) is 20.4 Å². The van der Waals surface area contributed by atoms with Crippen molar-refractivity contribution in [1.29, 1.82) is 0 Å². The maximum Gasteiger partial charge on any atom is 0.314 e. The second kappa shape index (κ2) is 7.03. The Labute approximate surface area is 149 Å². The van der Waals surface area contributed by atoms with E-state index in [1.807, 2.05) is 6.92 Å². The topological polar surface area (TPSA) is 80.5 Å². The van der Waals surface area contributed by atoms with Gasteiger partial charge in [0.05, 0.1) is 18.6 Å². The molecule has 3 heterocycles. The van der Waals surface area contributed by atoms with E-state index in [-0.39, 0.29) is 17.4 Å². The van der Waals surface area contributed by atoms with E-state index in [9.17, 15) is 4.79 Å². The lowest BCUT2D eigenvalue weighted by atomic mass is 9.70. The Morgan fingerprint density at radius 2 is 2.28 bits per heavy atom. The average Bonchev–Trinajstić information content (AvgIpc) is 3.03. The van der Waals surface area contributed by atoms with Gasteiger partial charge in [0.2, 0.25) is 5.89 Å². The Balaban J connectivity index is 1.73. The van der Waals surface area contributed by atoms with E-state index >= 15 is 0 Å². The Morgan fingerprint density at radius 3 is 2.96 bits per heavy atom. The van der Waals surface area contributed by atoms with Crippen molar-refractivity contribution in [3.63, 3.8) is 0 Å². The van der Waals surface area contributed by atoms with Crippen molar-refractivity contribution in [2.24, 2.45) is 5.41 Å². The molecule has 0 unspecified atom stereocenters. The predicted molar refractivity (Wildman–Crippen MR) is 93.0 cm³/mol. The minimum absolute atomic E-state index is 0.0691. The number of piperidine rings is 2. The van der Waals surface area contributed by atoms with Gasteiger partial charge >= 0.3 is 5.97 Å². The van der Waals surface area contributed by atoms with Crippen LogP contribution in [0.25, 0.3) is 0 Å². The minimum atomic E-state index is -0.455. The molecule has 140 valence electrons. The van der Waals surface area contributed by atoms with Crippen LogP contribution < -0.4 is 5.32 Å². The van der Waals surface area contributed by atoms with E-state index in [0.29, 0.717) is 31.4 Å². The van der Waals surface area contributed by atoms with Crippen LogP contribution in [0.3, 0.4) is 0 Å². The fourth-order valence-electron chi connectivity index (χ4n) is 3.95. The number of nitrogens with one attached hydrogen (secondary N) is 1. The molecule has 0 bridgehead atoms. The van der Waals surface area contributed by atoms with Gasteiger partial charge in [-0.3, -0.25) is 9.69 Å². The Kier molecular flexibility index (Phi) is 5.16. The minimum Gasteiger partial charge on any atom is -0.465 e. The van der Waals surface area contributed by atoms with Gasteiger partial charge < -0.3 is 14.6 Å². The van der Waals surface area contributed by atoms with E-state index in [2.05, 4.69) is 41.1 Å². The molecule has 0 aromatic carbocycles. The van der Waals surface area contributed by atoms with Crippen LogP contribution in [-0.4, -0.2) is 53.3 Å². The molecule has 2 aliphatic rings. The molecule has 0 radical (unpaired) electrons. The smallest absolute Gasteiger partial charge is 0.314 e. The number of aromatic nitrogens is 2. The third-order valence-corrected chi connectivity index (χ3v) is 5.25. The Bertz CT molecular complexity index is 610. The van der Waals surface area contributed by atoms with Crippen LogP contribution in [0.15, 0.2) is 4.52 Å². The molecule has 1 aromatic rings. The van der Waals surface area contributed by atoms with Crippen molar-refractivity contribution in [2.45, 2.75) is 65.0 Å². The number of fused-ring (bicyclic) bond motifs is 1. The molecule has 2 fully saturated rings. The number of esters is 1. The zero-order valence-corrected chi connectivity index (χ0v) is 15.8. The van der Waals surface area contributed by atoms with Crippen LogP contribution in [-0.2, 0) is 21.5 Å². The maximum absolute atomic E-state index is 12.7. The fraction of sp³-hybridized carbons (Fsp3) is 0.833. The molecule has 7 nitrogen and oxygen atoms in total. The summed E-state index contributed by atoms with van der Waals surface area (Å²) in [5, 5.41) is 7.66. The highest BCUT2D eigenvalue weighted by Gasteiger charge is 2.51. The monoisotopic (exact) mass is 350 g/mol. The SMILES string of the molecule is CCOC(=O)[C@@]12CCCN[C@H]1CCN(Cc1noc(C(C)(C)C)n1)C2. The van der Waals surface area contributed by atoms with Crippen molar-refractivity contribution in [3.05, 3.63) is 11.7 Å². The fourth-order valence-corrected chi connectivity index (χ4v) is 3.95. The van der Waals surface area contributed by atoms with Crippen LogP contribution in [0.1, 0.15) is 58.7 Å². The van der Waals surface area contributed by atoms with Crippen molar-refractivity contribution < 1.29 is 14.1 Å². The van der Waals surface area contributed by atoms with Crippen LogP contribution in [0.2, 0.25) is 0 Å². The summed E-state index contributed by atoms with van der Waals surface area (Å²) >= 11 is 0. The van der Waals surface area contributed by atoms with Gasteiger partial charge in [-0.25, -0.2) is 0 Å². The van der Waals surface area contributed by atoms with Crippen LogP contribution in [0.4, 0.5) is 0 Å². The first-order valence-corrected chi connectivity index (χ1v) is 9.31. The van der Waals surface area contributed by atoms with Gasteiger partial charge in [-0.05, 0) is 32.7 Å². The maximum atomic E-state index is 12.7. The quantitative estimate of drug-likeness (QED) is 0.830. The summed E-state index contributed by atoms with van der Waals surface area (Å²) in [4.78, 5) is 19.5. The van der Waals surface area contributed by atoms with Gasteiger partial charge in [0.15, 0.2) is 5.82 Å². The van der Waals surface area contributed by atoms with E-state index in [1.165, 1.54) is 0 Å². The molecule has 3 rings (SSSR count). The van der Waals surface area contributed by atoms with Gasteiger partial charge in [-0.15, -0.1) is 0 Å². The highest BCUT2D eigenvalue weighted by atomic mass is 16.5. The van der Waals surface area contributed by atoms with Crippen molar-refractivity contribution in [3.8, 4) is 0 Å². The number of hydrogen-bond donors (Lipinski definition) is 1. The molecule has 1 aromatic heterocycles. The second-order valence-electron chi connectivity index (χ2n) is 8.25. The number of nitrogens with zero attached hydrogens (tertiary/aromatic N) is 3. The Morgan fingerprint density at radius 1 is 1.48 bits per heavy atom. The van der Waals surface area contributed by atoms with E-state index in [1.54, 1.807) is 0 Å². The predicted octanol–water partition coefficient (Wildman–Crippen LogP) is 1.87. The molecule has 2 saturated heterocycles. The average molecular weight is 350 g/mol. The first kappa shape index (κ1) is 18.3. The van der Waals surface area contributed by atoms with E-state index in [0.717, 1.165) is 32.4 Å². The Hall–Kier alpha value is -1.47. The molecule has 2 aliphatic heterocycles. The lowest BCUT2D eigenvalue weighted by Gasteiger charge is -2.49. The van der Waals surface area contributed by atoms with Gasteiger partial charge in [-0.1, -0.05) is 25.9 Å². The summed E-state index contributed by atoms with van der Waals surface area (Å²) < 4.78 is 10.8. The second-order valence-corrected chi connectivity index (χ2v) is 8.25. The highest BCUT2D eigenvalue weighted by molar-refractivity contribution is 5.78. The molecule has 7 heteroatoms. The number of carbonyl (C=O) groups is 1. The zero-order valence-electron chi connectivity index (χ0n) is 15.8. The summed E-state index contributed by atoms with van der Waals surface area (Å²) in [5.74, 6) is 1.27. The summed E-state index contributed by atoms with van der Waals surface area (Å²) in [5.41, 5.74) is -0.610. The first-order chi connectivity index (χ1) is 11.8. The van der Waals surface area contributed by atoms with E-state index in [4.69, 9.17) is 9.26 Å². The lowest BCUT2D eigenvalue weighted by Crippen LogP contribution is -2.63. The van der Waals surface area contributed by atoms with Gasteiger partial charge in [0.1, 0.15) is 0 Å². The normalized spacial score (nSPS) is 27.8. The van der Waals surface area contributed by atoms with Gasteiger partial charge in [0.25, 0.3) is 0 Å². The molecule has 2 atom stereocenters. The molecular weight excluding hydrogens is 320 g/mol. The molecule has 0 saturated carbocycles. The molecule has 25 heavy (non-hydrogen) atoms. The molecule has 0 amide bonds. The molecule has 0 aliphatic carbocycles. The molecule has 1 N–H and O–H groups in total. The largest absolute Gasteiger partial charge is 0.465 e. The molecular formula is C18H30N4O3. The standard InChI is InChI=1S/C18H30N4O3/c1-5-24-16(23)18-8-6-9-19-13(18)7-10-22(12-18)11-14-20-15(25-21-14)17(2,3)4/h13,19H,5-12H2,1-4H3/t13-,18+/m0/s1. The van der Waals surface area contributed by atoms with Crippen LogP contribution >= 0.6 is 0 Å². The lowest BCUT2D eigenvalue weighted by molar-refractivity contribution is -0.164. The van der Waals surface area contributed by atoms with E-state index < -0.39 is 5.41 Å². The number of carbonyl (C=O) groups excluding carboxylic acids is 1. The number of likely N-dealkylation sites (tertiary alicyclic amines) is 1. The summed E-state index contributed by atoms with van der Waals surface area (Å²) in [6, 6.07) is 0.201. The summed E-state index contributed by atoms with van der Waals surface area (Å²) in [6.07, 6.45) is 2.81. The summed E-state index contributed by atoms with van der Waals surface area (Å²) in [7, 11) is 0. The number of rotatable bonds is 4. The van der Waals surface area contributed by atoms with Crippen LogP contribution in [0.5, 0.6) is 0 Å².